The molecule has 0 aromatic heterocycles. The van der Waals surface area contributed by atoms with Crippen LogP contribution >= 0.6 is 31.9 Å². The van der Waals surface area contributed by atoms with Crippen LogP contribution in [0.25, 0.3) is 11.1 Å². The third-order valence-electron chi connectivity index (χ3n) is 6.72. The quantitative estimate of drug-likeness (QED) is 0.107. The topological polar surface area (TPSA) is 44.8 Å². The number of esters is 1. The van der Waals surface area contributed by atoms with Gasteiger partial charge in [-0.3, -0.25) is 0 Å². The van der Waals surface area contributed by atoms with Crippen molar-refractivity contribution in [2.24, 2.45) is 0 Å². The molecule has 0 atom stereocenters. The molecule has 3 rings (SSSR count). The van der Waals surface area contributed by atoms with Gasteiger partial charge in [0.25, 0.3) is 0 Å². The van der Waals surface area contributed by atoms with Crippen LogP contribution in [0.15, 0.2) is 69.6 Å². The zero-order chi connectivity index (χ0) is 27.9. The summed E-state index contributed by atoms with van der Waals surface area (Å²) < 4.78 is 18.6. The molecule has 0 bridgehead atoms. The number of rotatable bonds is 17. The highest BCUT2D eigenvalue weighted by molar-refractivity contribution is 9.11. The molecule has 3 aromatic rings. The highest BCUT2D eigenvalue weighted by Gasteiger charge is 2.09. The van der Waals surface area contributed by atoms with Crippen LogP contribution in [0, 0.1) is 0 Å². The second-order valence-corrected chi connectivity index (χ2v) is 11.5. The molecule has 210 valence electrons. The van der Waals surface area contributed by atoms with Crippen LogP contribution in [0.2, 0.25) is 0 Å². The first-order valence-electron chi connectivity index (χ1n) is 14.0. The molecule has 0 saturated carbocycles. The van der Waals surface area contributed by atoms with E-state index in [9.17, 15) is 4.79 Å². The van der Waals surface area contributed by atoms with Gasteiger partial charge in [-0.15, -0.1) is 0 Å². The van der Waals surface area contributed by atoms with E-state index in [-0.39, 0.29) is 5.97 Å². The van der Waals surface area contributed by atoms with Crippen molar-refractivity contribution in [2.75, 3.05) is 13.7 Å². The smallest absolute Gasteiger partial charge is 0.337 e. The Hall–Kier alpha value is -2.31. The first kappa shape index (κ1) is 31.2. The van der Waals surface area contributed by atoms with E-state index < -0.39 is 0 Å². The van der Waals surface area contributed by atoms with E-state index in [4.69, 9.17) is 14.2 Å². The van der Waals surface area contributed by atoms with Gasteiger partial charge in [0.1, 0.15) is 18.1 Å². The predicted molar refractivity (Wildman–Crippen MR) is 167 cm³/mol. The first-order valence-corrected chi connectivity index (χ1v) is 15.6. The number of ether oxygens (including phenoxy) is 3. The summed E-state index contributed by atoms with van der Waals surface area (Å²) >= 11 is 7.33. The summed E-state index contributed by atoms with van der Waals surface area (Å²) in [7, 11) is 1.38. The lowest BCUT2D eigenvalue weighted by Gasteiger charge is -2.12. The van der Waals surface area contributed by atoms with Crippen molar-refractivity contribution in [3.8, 4) is 22.6 Å². The van der Waals surface area contributed by atoms with E-state index in [0.717, 1.165) is 50.2 Å². The van der Waals surface area contributed by atoms with Crippen molar-refractivity contribution in [2.45, 2.75) is 77.7 Å². The number of benzene rings is 3. The predicted octanol–water partition coefficient (Wildman–Crippen LogP) is 10.5. The van der Waals surface area contributed by atoms with E-state index in [0.29, 0.717) is 12.2 Å². The van der Waals surface area contributed by atoms with Crippen LogP contribution in [0.4, 0.5) is 0 Å². The van der Waals surface area contributed by atoms with Gasteiger partial charge in [0.05, 0.1) is 28.2 Å². The van der Waals surface area contributed by atoms with E-state index in [1.807, 2.05) is 30.3 Å². The van der Waals surface area contributed by atoms with Gasteiger partial charge in [0.2, 0.25) is 0 Å². The maximum absolute atomic E-state index is 11.6. The molecule has 0 aliphatic heterocycles. The molecule has 3 aromatic carbocycles. The van der Waals surface area contributed by atoms with Gasteiger partial charge in [-0.1, -0.05) is 89.0 Å². The van der Waals surface area contributed by atoms with Crippen LogP contribution in [0.1, 0.15) is 87.1 Å². The van der Waals surface area contributed by atoms with Gasteiger partial charge in [-0.25, -0.2) is 4.79 Å². The Morgan fingerprint density at radius 1 is 0.667 bits per heavy atom. The SMILES string of the molecule is CCCCCCCCCCCCOc1ccc(-c2ccc(OCc3ccc(C(=O)OC)cc3)c(Br)c2)cc1Br. The minimum Gasteiger partial charge on any atom is -0.492 e. The van der Waals surface area contributed by atoms with Crippen molar-refractivity contribution in [3.63, 3.8) is 0 Å². The van der Waals surface area contributed by atoms with E-state index in [1.54, 1.807) is 12.1 Å². The van der Waals surface area contributed by atoms with Crippen molar-refractivity contribution < 1.29 is 19.0 Å². The number of unbranched alkanes of at least 4 members (excludes halogenated alkanes) is 9. The molecule has 6 heteroatoms. The van der Waals surface area contributed by atoms with Crippen LogP contribution in [-0.2, 0) is 11.3 Å². The molecule has 0 N–H and O–H groups in total. The Kier molecular flexibility index (Phi) is 13.9. The second kappa shape index (κ2) is 17.4. The molecule has 0 aliphatic carbocycles. The molecule has 0 radical (unpaired) electrons. The summed E-state index contributed by atoms with van der Waals surface area (Å²) in [5.74, 6) is 1.29. The van der Waals surface area contributed by atoms with E-state index >= 15 is 0 Å². The zero-order valence-electron chi connectivity index (χ0n) is 23.1. The standard InChI is InChI=1S/C33H40Br2O4/c1-3-4-5-6-7-8-9-10-11-12-21-38-31-19-17-27(22-29(31)34)28-18-20-32(30(35)23-28)39-24-25-13-15-26(16-14-25)33(36)37-2/h13-20,22-23H,3-12,21,24H2,1-2H3. The normalized spacial score (nSPS) is 10.9. The van der Waals surface area contributed by atoms with Crippen molar-refractivity contribution in [3.05, 3.63) is 80.7 Å². The Labute approximate surface area is 250 Å². The molecule has 0 unspecified atom stereocenters. The van der Waals surface area contributed by atoms with Gasteiger partial charge in [-0.2, -0.15) is 0 Å². The van der Waals surface area contributed by atoms with Crippen LogP contribution in [0.5, 0.6) is 11.5 Å². The van der Waals surface area contributed by atoms with Gasteiger partial charge in [-0.05, 0) is 91.4 Å². The Morgan fingerprint density at radius 3 is 1.69 bits per heavy atom. The van der Waals surface area contributed by atoms with Crippen LogP contribution < -0.4 is 9.47 Å². The molecule has 39 heavy (non-hydrogen) atoms. The first-order chi connectivity index (χ1) is 19.0. The van der Waals surface area contributed by atoms with E-state index in [2.05, 4.69) is 57.0 Å². The minimum absolute atomic E-state index is 0.346. The maximum Gasteiger partial charge on any atom is 0.337 e. The average molecular weight is 660 g/mol. The third-order valence-corrected chi connectivity index (χ3v) is 7.96. The molecule has 0 heterocycles. The third kappa shape index (κ3) is 10.6. The Balaban J connectivity index is 1.42. The number of carbonyl (C=O) groups excluding carboxylic acids is 1. The summed E-state index contributed by atoms with van der Waals surface area (Å²) in [4.78, 5) is 11.6. The number of halogens is 2. The fourth-order valence-electron chi connectivity index (χ4n) is 4.38. The van der Waals surface area contributed by atoms with Crippen molar-refractivity contribution in [1.82, 2.24) is 0 Å². The van der Waals surface area contributed by atoms with Crippen LogP contribution in [0.3, 0.4) is 0 Å². The highest BCUT2D eigenvalue weighted by atomic mass is 79.9. The fraction of sp³-hybridized carbons (Fsp3) is 0.424. The van der Waals surface area contributed by atoms with Gasteiger partial charge in [0.15, 0.2) is 0 Å². The number of hydrogen-bond acceptors (Lipinski definition) is 4. The molecule has 4 nitrogen and oxygen atoms in total. The zero-order valence-corrected chi connectivity index (χ0v) is 26.3. The summed E-state index contributed by atoms with van der Waals surface area (Å²) in [6.45, 7) is 3.41. The van der Waals surface area contributed by atoms with Gasteiger partial charge < -0.3 is 14.2 Å². The summed E-state index contributed by atoms with van der Waals surface area (Å²) in [6, 6.07) is 19.5. The molecule has 0 amide bonds. The number of methoxy groups -OCH3 is 1. The van der Waals surface area contributed by atoms with Crippen molar-refractivity contribution >= 4 is 37.8 Å². The molecule has 0 saturated heterocycles. The van der Waals surface area contributed by atoms with Crippen molar-refractivity contribution in [1.29, 1.82) is 0 Å². The second-order valence-electron chi connectivity index (χ2n) is 9.80. The Bertz CT molecular complexity index is 1160. The summed E-state index contributed by atoms with van der Waals surface area (Å²) in [5.41, 5.74) is 3.67. The Morgan fingerprint density at radius 2 is 1.18 bits per heavy atom. The summed E-state index contributed by atoms with van der Waals surface area (Å²) in [6.07, 6.45) is 13.2. The molecule has 0 aliphatic rings. The average Bonchev–Trinajstić information content (AvgIpc) is 2.95. The lowest BCUT2D eigenvalue weighted by atomic mass is 10.1. The monoisotopic (exact) mass is 658 g/mol. The molecular weight excluding hydrogens is 620 g/mol. The van der Waals surface area contributed by atoms with Crippen LogP contribution in [-0.4, -0.2) is 19.7 Å². The largest absolute Gasteiger partial charge is 0.492 e. The maximum atomic E-state index is 11.6. The minimum atomic E-state index is -0.346. The molecular formula is C33H40Br2O4. The molecule has 0 spiro atoms. The summed E-state index contributed by atoms with van der Waals surface area (Å²) in [5, 5.41) is 0. The highest BCUT2D eigenvalue weighted by Crippen LogP contribution is 2.35. The van der Waals surface area contributed by atoms with Gasteiger partial charge in [0, 0.05) is 0 Å². The fourth-order valence-corrected chi connectivity index (χ4v) is 5.37. The number of hydrogen-bond donors (Lipinski definition) is 0. The lowest BCUT2D eigenvalue weighted by Crippen LogP contribution is -2.02. The molecule has 0 fully saturated rings. The lowest BCUT2D eigenvalue weighted by molar-refractivity contribution is 0.0600. The van der Waals surface area contributed by atoms with E-state index in [1.165, 1.54) is 64.9 Å². The van der Waals surface area contributed by atoms with Gasteiger partial charge >= 0.3 is 5.97 Å². The number of carbonyl (C=O) groups is 1.